The maximum Gasteiger partial charge on any atom is 0.160 e. The fourth-order valence-corrected chi connectivity index (χ4v) is 17.4. The maximum absolute atomic E-state index is 6.12. The molecule has 0 fully saturated rings. The summed E-state index contributed by atoms with van der Waals surface area (Å²) in [6.45, 7) is 18.8. The highest BCUT2D eigenvalue weighted by Crippen LogP contribution is 2.53. The minimum Gasteiger partial charge on any atom is -0.654 e. The molecular formula is C80H78N8. The monoisotopic (exact) mass is 1150 g/mol. The van der Waals surface area contributed by atoms with Crippen LogP contribution < -0.4 is 10.3 Å². The summed E-state index contributed by atoms with van der Waals surface area (Å²) in [7, 11) is 0. The zero-order chi connectivity index (χ0) is 59.4. The van der Waals surface area contributed by atoms with Crippen LogP contribution >= 0.6 is 0 Å². The molecule has 0 radical (unpaired) electrons. The van der Waals surface area contributed by atoms with Crippen LogP contribution in [0.4, 0.5) is 11.4 Å². The van der Waals surface area contributed by atoms with E-state index >= 15 is 0 Å². The number of benzene rings is 8. The lowest BCUT2D eigenvalue weighted by molar-refractivity contribution is 0.930. The van der Waals surface area contributed by atoms with Crippen molar-refractivity contribution in [3.63, 3.8) is 0 Å². The minimum absolute atomic E-state index is 0.910. The molecule has 0 unspecified atom stereocenters. The molecule has 0 saturated heterocycles. The summed E-state index contributed by atoms with van der Waals surface area (Å²) < 4.78 is 0. The average molecular weight is 1150 g/mol. The van der Waals surface area contributed by atoms with E-state index in [4.69, 9.17) is 9.97 Å². The number of hydrogen-bond donors (Lipinski definition) is 6. The second-order valence-electron chi connectivity index (χ2n) is 25.9. The summed E-state index contributed by atoms with van der Waals surface area (Å²) >= 11 is 0. The number of aromatic nitrogens is 7. The Bertz CT molecular complexity index is 5710. The van der Waals surface area contributed by atoms with Gasteiger partial charge in [0.25, 0.3) is 0 Å². The molecule has 0 amide bonds. The van der Waals surface area contributed by atoms with E-state index < -0.39 is 0 Å². The molecule has 16 bridgehead atoms. The first-order valence-electron chi connectivity index (χ1n) is 33.7. The molecule has 2 aliphatic heterocycles. The summed E-state index contributed by atoms with van der Waals surface area (Å²) in [5, 5.41) is 25.1. The van der Waals surface area contributed by atoms with E-state index in [-0.39, 0.29) is 0 Å². The molecule has 8 nitrogen and oxygen atoms in total. The molecule has 17 rings (SSSR count). The number of fused-ring (bicyclic) bond motifs is 24. The molecule has 0 saturated carbocycles. The summed E-state index contributed by atoms with van der Waals surface area (Å²) in [6.07, 6.45) is 15.4. The van der Waals surface area contributed by atoms with Gasteiger partial charge in [0, 0.05) is 60.7 Å². The van der Waals surface area contributed by atoms with Gasteiger partial charge in [-0.15, -0.1) is 11.0 Å². The molecule has 8 aromatic carbocycles. The van der Waals surface area contributed by atoms with Crippen LogP contribution in [-0.4, -0.2) is 29.9 Å². The predicted molar refractivity (Wildman–Crippen MR) is 380 cm³/mol. The largest absolute Gasteiger partial charge is 0.654 e. The van der Waals surface area contributed by atoms with Gasteiger partial charge in [-0.2, -0.15) is 0 Å². The van der Waals surface area contributed by atoms with Crippen molar-refractivity contribution >= 4 is 175 Å². The second-order valence-corrected chi connectivity index (χ2v) is 25.9. The zero-order valence-corrected chi connectivity index (χ0v) is 52.4. The van der Waals surface area contributed by atoms with Crippen molar-refractivity contribution in [1.29, 1.82) is 0 Å². The van der Waals surface area contributed by atoms with Crippen LogP contribution in [0.3, 0.4) is 0 Å². The van der Waals surface area contributed by atoms with Crippen molar-refractivity contribution in [2.75, 3.05) is 5.32 Å². The Balaban J connectivity index is 1.18. The van der Waals surface area contributed by atoms with Crippen LogP contribution in [-0.2, 0) is 51.4 Å². The van der Waals surface area contributed by atoms with Gasteiger partial charge in [-0.25, -0.2) is 4.98 Å². The molecule has 88 heavy (non-hydrogen) atoms. The van der Waals surface area contributed by atoms with Gasteiger partial charge in [0.1, 0.15) is 16.4 Å². The number of anilines is 2. The first-order valence-corrected chi connectivity index (χ1v) is 33.7. The van der Waals surface area contributed by atoms with Gasteiger partial charge in [-0.1, -0.05) is 191 Å². The molecule has 9 heterocycles. The normalized spacial score (nSPS) is 12.9. The lowest BCUT2D eigenvalue weighted by Gasteiger charge is -2.11. The third kappa shape index (κ3) is 7.09. The first kappa shape index (κ1) is 53.4. The van der Waals surface area contributed by atoms with E-state index in [1.54, 1.807) is 0 Å². The number of nitrogens with zero attached hydrogens (tertiary/aromatic N) is 2. The zero-order valence-electron chi connectivity index (χ0n) is 52.4. The highest BCUT2D eigenvalue weighted by Gasteiger charge is 2.35. The van der Waals surface area contributed by atoms with Gasteiger partial charge in [0.15, 0.2) is 11.4 Å². The number of H-pyrrole nitrogens is 5. The topological polar surface area (TPSA) is 118 Å². The Morgan fingerprint density at radius 1 is 0.318 bits per heavy atom. The molecule has 0 spiro atoms. The van der Waals surface area contributed by atoms with Crippen molar-refractivity contribution in [3.8, 4) is 0 Å². The number of nitrogens with one attached hydrogen (secondary N) is 6. The number of aryl methyl sites for hydroxylation is 8. The predicted octanol–water partition coefficient (Wildman–Crippen LogP) is 22.5. The Labute approximate surface area is 511 Å². The Morgan fingerprint density at radius 3 is 1.17 bits per heavy atom. The van der Waals surface area contributed by atoms with Crippen molar-refractivity contribution < 1.29 is 0 Å². The molecule has 0 aliphatic carbocycles. The van der Waals surface area contributed by atoms with Crippen LogP contribution in [0.2, 0.25) is 0 Å². The summed E-state index contributed by atoms with van der Waals surface area (Å²) in [4.78, 5) is 33.9. The van der Waals surface area contributed by atoms with Crippen molar-refractivity contribution in [2.45, 2.75) is 158 Å². The van der Waals surface area contributed by atoms with E-state index in [1.165, 1.54) is 175 Å². The third-order valence-corrected chi connectivity index (χ3v) is 20.5. The molecule has 2 aliphatic rings. The lowest BCUT2D eigenvalue weighted by atomic mass is 9.93. The lowest BCUT2D eigenvalue weighted by Crippen LogP contribution is -1.92. The third-order valence-electron chi connectivity index (χ3n) is 20.5. The molecule has 438 valence electrons. The van der Waals surface area contributed by atoms with Crippen LogP contribution in [0.25, 0.3) is 163 Å². The summed E-state index contributed by atoms with van der Waals surface area (Å²) in [5.41, 5.74) is 29.3. The van der Waals surface area contributed by atoms with Gasteiger partial charge in [-0.05, 0) is 129 Å². The average Bonchev–Trinajstić information content (AvgIpc) is 1.62. The van der Waals surface area contributed by atoms with Crippen molar-refractivity contribution in [1.82, 2.24) is 34.9 Å². The molecule has 0 atom stereocenters. The summed E-state index contributed by atoms with van der Waals surface area (Å²) in [6, 6.07) is 37.2. The standard InChI is InChI=1S/C80H78N8/c1-9-25-49-57-41-33-17-18-34-42(41)58-51(27-11-3)67-68-53(29-13-5)61-45-37-21-22-38-46(45)63-55(31-15-7)71(87-78(63)77(61)85-68)72-56(32-16-8)64-48-40-24-23-39-47(48)62-54(30-14-6)70(86-79(62)80(64)88-72)69-52(28-12-4)60-44-36-20-19-35-43(44)59-50(26-10-2)66(82-75(59)76(60)84-69)65(49)81-73(57)74(58)83-67/h17-24,33-40,81-83,86-88H,9-16,25-32H2,1-8H3. The first-order chi connectivity index (χ1) is 43.4. The summed E-state index contributed by atoms with van der Waals surface area (Å²) in [5.74, 6) is 0. The minimum atomic E-state index is 0.910. The van der Waals surface area contributed by atoms with Crippen LogP contribution in [0, 0.1) is 0 Å². The van der Waals surface area contributed by atoms with Gasteiger partial charge >= 0.3 is 0 Å². The van der Waals surface area contributed by atoms with Gasteiger partial charge in [0.05, 0.1) is 55.1 Å². The highest BCUT2D eigenvalue weighted by atomic mass is 15.0. The van der Waals surface area contributed by atoms with E-state index in [0.717, 1.165) is 147 Å². The van der Waals surface area contributed by atoms with E-state index in [0.29, 0.717) is 0 Å². The SMILES string of the molecule is CCCc1c2nc3c4c(c5ccccc5c13)[c+](CCC)c(c1[nH]c3c5[nH]c(c(CCC)c5c5ccccc5c3c1CCC)c1[n-]c3c5[nH]c(c(CCC)c5c5ccccc5c3c1CCC)c1[nH]c3c5[nH]c2c(CCC)c5c2ccccc2c3c1CCC)N4. The molecular weight excluding hydrogens is 1070 g/mol. The quantitative estimate of drug-likeness (QED) is 0.0541. The Morgan fingerprint density at radius 2 is 0.682 bits per heavy atom. The van der Waals surface area contributed by atoms with E-state index in [9.17, 15) is 0 Å². The fraction of sp³-hybridized carbons (Fsp3) is 0.300. The number of rotatable bonds is 16. The maximum atomic E-state index is 6.12. The van der Waals surface area contributed by atoms with Crippen LogP contribution in [0.5, 0.6) is 0 Å². The molecule has 15 aromatic rings. The smallest absolute Gasteiger partial charge is 0.160 e. The van der Waals surface area contributed by atoms with Crippen molar-refractivity contribution in [2.24, 2.45) is 0 Å². The van der Waals surface area contributed by atoms with Crippen LogP contribution in [0.15, 0.2) is 97.1 Å². The second kappa shape index (κ2) is 20.3. The Hall–Kier alpha value is -8.88. The van der Waals surface area contributed by atoms with Gasteiger partial charge in [-0.3, -0.25) is 5.32 Å². The highest BCUT2D eigenvalue weighted by molar-refractivity contribution is 6.35. The molecule has 8 heteroatoms. The van der Waals surface area contributed by atoms with Gasteiger partial charge in [0.2, 0.25) is 0 Å². The van der Waals surface area contributed by atoms with Crippen molar-refractivity contribution in [3.05, 3.63) is 142 Å². The number of hydrogen-bond acceptors (Lipinski definition) is 2. The molecule has 7 aromatic heterocycles. The van der Waals surface area contributed by atoms with E-state index in [1.807, 2.05) is 0 Å². The van der Waals surface area contributed by atoms with Gasteiger partial charge < -0.3 is 29.9 Å². The Kier molecular flexibility index (Phi) is 12.3. The van der Waals surface area contributed by atoms with E-state index in [2.05, 4.69) is 183 Å². The molecule has 6 N–H and O–H groups in total. The number of aromatic amines is 5. The fourth-order valence-electron chi connectivity index (χ4n) is 17.4. The van der Waals surface area contributed by atoms with Crippen LogP contribution in [0.1, 0.15) is 151 Å².